The number of nitrogens with zero attached hydrogens (tertiary/aromatic N) is 4. The summed E-state index contributed by atoms with van der Waals surface area (Å²) >= 11 is 0. The van der Waals surface area contributed by atoms with E-state index in [0.717, 1.165) is 28.4 Å². The Balaban J connectivity index is 1.30. The molecule has 186 valence electrons. The number of methoxy groups -OCH3 is 2. The highest BCUT2D eigenvalue weighted by atomic mass is 19.1. The molecule has 1 fully saturated rings. The van der Waals surface area contributed by atoms with Crippen LogP contribution in [-0.2, 0) is 4.79 Å². The number of carbonyl (C=O) groups excluding carboxylic acids is 1. The number of aromatic nitrogens is 3. The molecule has 1 aliphatic heterocycles. The van der Waals surface area contributed by atoms with E-state index >= 15 is 0 Å². The van der Waals surface area contributed by atoms with Gasteiger partial charge in [-0.25, -0.2) is 9.37 Å². The third-order valence-electron chi connectivity index (χ3n) is 6.52. The van der Waals surface area contributed by atoms with Crippen LogP contribution in [0.1, 0.15) is 18.5 Å². The number of amides is 1. The Labute approximate surface area is 208 Å². The molecule has 1 saturated heterocycles. The van der Waals surface area contributed by atoms with Gasteiger partial charge in [-0.15, -0.1) is 0 Å². The van der Waals surface area contributed by atoms with Crippen LogP contribution in [0.3, 0.4) is 0 Å². The summed E-state index contributed by atoms with van der Waals surface area (Å²) in [4.78, 5) is 19.8. The third-order valence-corrected chi connectivity index (χ3v) is 6.52. The molecule has 1 aliphatic rings. The summed E-state index contributed by atoms with van der Waals surface area (Å²) in [6.45, 7) is 3.39. The molecule has 1 amide bonds. The zero-order valence-electron chi connectivity index (χ0n) is 20.5. The fraction of sp³-hybridized carbons (Fsp3) is 0.296. The minimum atomic E-state index is -0.282. The number of aryl methyl sites for hydroxylation is 1. The van der Waals surface area contributed by atoms with Crippen molar-refractivity contribution in [1.29, 1.82) is 0 Å². The van der Waals surface area contributed by atoms with Gasteiger partial charge in [0.1, 0.15) is 11.6 Å². The van der Waals surface area contributed by atoms with Gasteiger partial charge in [-0.1, -0.05) is 0 Å². The third kappa shape index (κ3) is 4.68. The van der Waals surface area contributed by atoms with Crippen LogP contribution >= 0.6 is 0 Å². The summed E-state index contributed by atoms with van der Waals surface area (Å²) < 4.78 is 25.8. The van der Waals surface area contributed by atoms with Crippen LogP contribution in [0.2, 0.25) is 0 Å². The monoisotopic (exact) mass is 489 g/mol. The van der Waals surface area contributed by atoms with Crippen LogP contribution in [0.5, 0.6) is 11.5 Å². The normalized spacial score (nSPS) is 14.2. The van der Waals surface area contributed by atoms with E-state index in [0.29, 0.717) is 43.1 Å². The van der Waals surface area contributed by atoms with Crippen LogP contribution in [0.15, 0.2) is 54.6 Å². The fourth-order valence-electron chi connectivity index (χ4n) is 4.60. The van der Waals surface area contributed by atoms with E-state index in [-0.39, 0.29) is 17.6 Å². The van der Waals surface area contributed by atoms with E-state index < -0.39 is 0 Å². The van der Waals surface area contributed by atoms with Gasteiger partial charge in [0.05, 0.1) is 19.9 Å². The smallest absolute Gasteiger partial charge is 0.227 e. The van der Waals surface area contributed by atoms with Crippen molar-refractivity contribution in [1.82, 2.24) is 14.6 Å². The zero-order chi connectivity index (χ0) is 25.2. The Morgan fingerprint density at radius 3 is 2.42 bits per heavy atom. The predicted molar refractivity (Wildman–Crippen MR) is 136 cm³/mol. The number of carbonyl (C=O) groups is 1. The molecule has 0 bridgehead atoms. The van der Waals surface area contributed by atoms with Crippen LogP contribution in [0, 0.1) is 18.7 Å². The van der Waals surface area contributed by atoms with Crippen LogP contribution in [0.4, 0.5) is 15.9 Å². The molecular formula is C27H28FN5O3. The number of halogens is 1. The van der Waals surface area contributed by atoms with Crippen molar-refractivity contribution in [3.8, 4) is 22.8 Å². The average Bonchev–Trinajstić information content (AvgIpc) is 3.32. The molecule has 0 saturated carbocycles. The summed E-state index contributed by atoms with van der Waals surface area (Å²) in [5, 5.41) is 7.77. The van der Waals surface area contributed by atoms with Gasteiger partial charge in [-0.3, -0.25) is 4.79 Å². The summed E-state index contributed by atoms with van der Waals surface area (Å²) in [6.07, 6.45) is 1.43. The highest BCUT2D eigenvalue weighted by molar-refractivity contribution is 5.93. The van der Waals surface area contributed by atoms with Gasteiger partial charge in [0.2, 0.25) is 5.91 Å². The Morgan fingerprint density at radius 2 is 1.72 bits per heavy atom. The molecule has 36 heavy (non-hydrogen) atoms. The average molecular weight is 490 g/mol. The molecule has 0 spiro atoms. The number of rotatable bonds is 6. The lowest BCUT2D eigenvalue weighted by Crippen LogP contribution is -2.39. The van der Waals surface area contributed by atoms with Gasteiger partial charge in [0.25, 0.3) is 0 Å². The number of anilines is 2. The molecule has 0 atom stereocenters. The van der Waals surface area contributed by atoms with Gasteiger partial charge < -0.3 is 19.7 Å². The van der Waals surface area contributed by atoms with Crippen molar-refractivity contribution in [3.63, 3.8) is 0 Å². The van der Waals surface area contributed by atoms with Crippen molar-refractivity contribution in [3.05, 3.63) is 66.1 Å². The Morgan fingerprint density at radius 1 is 1.00 bits per heavy atom. The number of hydrogen-bond donors (Lipinski definition) is 1. The molecule has 2 aromatic carbocycles. The fourth-order valence-corrected chi connectivity index (χ4v) is 4.60. The Kier molecular flexibility index (Phi) is 6.45. The first-order valence-electron chi connectivity index (χ1n) is 11.9. The number of benzene rings is 2. The zero-order valence-corrected chi connectivity index (χ0v) is 20.5. The van der Waals surface area contributed by atoms with E-state index in [2.05, 4.69) is 15.2 Å². The van der Waals surface area contributed by atoms with Crippen LogP contribution < -0.4 is 19.7 Å². The van der Waals surface area contributed by atoms with Crippen molar-refractivity contribution >= 4 is 23.1 Å². The van der Waals surface area contributed by atoms with Gasteiger partial charge in [-0.2, -0.15) is 9.61 Å². The number of fused-ring (bicyclic) bond motifs is 1. The minimum Gasteiger partial charge on any atom is -0.493 e. The first kappa shape index (κ1) is 23.6. The first-order valence-corrected chi connectivity index (χ1v) is 11.9. The van der Waals surface area contributed by atoms with Crippen molar-refractivity contribution in [2.45, 2.75) is 19.8 Å². The Bertz CT molecular complexity index is 1390. The van der Waals surface area contributed by atoms with Crippen molar-refractivity contribution in [2.24, 2.45) is 5.92 Å². The lowest BCUT2D eigenvalue weighted by atomic mass is 9.95. The minimum absolute atomic E-state index is 0.00406. The van der Waals surface area contributed by atoms with Crippen LogP contribution in [0.25, 0.3) is 16.9 Å². The van der Waals surface area contributed by atoms with Gasteiger partial charge in [-0.05, 0) is 56.2 Å². The molecule has 0 radical (unpaired) electrons. The maximum Gasteiger partial charge on any atom is 0.227 e. The van der Waals surface area contributed by atoms with E-state index in [1.54, 1.807) is 44.6 Å². The second-order valence-electron chi connectivity index (χ2n) is 8.88. The van der Waals surface area contributed by atoms with E-state index in [1.807, 2.05) is 23.6 Å². The predicted octanol–water partition coefficient (Wildman–Crippen LogP) is 4.72. The topological polar surface area (TPSA) is 81.0 Å². The first-order chi connectivity index (χ1) is 17.4. The molecule has 9 heteroatoms. The number of nitrogens with one attached hydrogen (secondary N) is 1. The molecule has 1 N–H and O–H groups in total. The molecule has 3 heterocycles. The van der Waals surface area contributed by atoms with Crippen LogP contribution in [-0.4, -0.2) is 47.8 Å². The van der Waals surface area contributed by atoms with E-state index in [9.17, 15) is 9.18 Å². The van der Waals surface area contributed by atoms with Gasteiger partial charge in [0, 0.05) is 54.2 Å². The second-order valence-corrected chi connectivity index (χ2v) is 8.88. The lowest BCUT2D eigenvalue weighted by molar-refractivity contribution is -0.120. The summed E-state index contributed by atoms with van der Waals surface area (Å²) in [5.41, 5.74) is 3.86. The quantitative estimate of drug-likeness (QED) is 0.422. The maximum absolute atomic E-state index is 13.4. The SMILES string of the molecule is COc1ccc(NC(=O)C2CCN(c3cc(C)nc4cc(-c5ccc(F)cc5)nn34)CC2)cc1OC. The summed E-state index contributed by atoms with van der Waals surface area (Å²) in [7, 11) is 3.15. The highest BCUT2D eigenvalue weighted by Crippen LogP contribution is 2.31. The second kappa shape index (κ2) is 9.85. The number of piperidine rings is 1. The summed E-state index contributed by atoms with van der Waals surface area (Å²) in [5.74, 6) is 1.74. The molecule has 0 unspecified atom stereocenters. The lowest BCUT2D eigenvalue weighted by Gasteiger charge is -2.33. The van der Waals surface area contributed by atoms with Crippen molar-refractivity contribution in [2.75, 3.05) is 37.5 Å². The maximum atomic E-state index is 13.4. The van der Waals surface area contributed by atoms with Gasteiger partial charge >= 0.3 is 0 Å². The molecule has 5 rings (SSSR count). The summed E-state index contributed by atoms with van der Waals surface area (Å²) in [6, 6.07) is 15.6. The highest BCUT2D eigenvalue weighted by Gasteiger charge is 2.27. The molecular weight excluding hydrogens is 461 g/mol. The molecule has 4 aromatic rings. The molecule has 0 aliphatic carbocycles. The van der Waals surface area contributed by atoms with Gasteiger partial charge in [0.15, 0.2) is 17.1 Å². The number of hydrogen-bond acceptors (Lipinski definition) is 6. The largest absolute Gasteiger partial charge is 0.493 e. The van der Waals surface area contributed by atoms with Crippen molar-refractivity contribution < 1.29 is 18.7 Å². The molecule has 2 aromatic heterocycles. The molecule has 8 nitrogen and oxygen atoms in total. The Hall–Kier alpha value is -4.14. The standard InChI is InChI=1S/C27H28FN5O3/c1-17-14-26(33-25(29-17)16-22(31-33)18-4-6-20(28)7-5-18)32-12-10-19(11-13-32)27(34)30-21-8-9-23(35-2)24(15-21)36-3/h4-9,14-16,19H,10-13H2,1-3H3,(H,30,34). The van der Waals surface area contributed by atoms with E-state index in [4.69, 9.17) is 14.6 Å². The van der Waals surface area contributed by atoms with E-state index in [1.165, 1.54) is 12.1 Å². The number of ether oxygens (including phenoxy) is 2.